The van der Waals surface area contributed by atoms with Crippen molar-refractivity contribution in [3.05, 3.63) is 66.0 Å². The normalized spacial score (nSPS) is 19.4. The van der Waals surface area contributed by atoms with Gasteiger partial charge >= 0.3 is 0 Å². The first-order valence-corrected chi connectivity index (χ1v) is 9.36. The summed E-state index contributed by atoms with van der Waals surface area (Å²) in [4.78, 5) is 26.8. The molecule has 7 heteroatoms. The van der Waals surface area contributed by atoms with Crippen LogP contribution in [-0.4, -0.2) is 27.4 Å². The molecule has 3 aromatic rings. The zero-order valence-electron chi connectivity index (χ0n) is 15.5. The van der Waals surface area contributed by atoms with E-state index in [-0.39, 0.29) is 5.91 Å². The molecule has 2 N–H and O–H groups in total. The van der Waals surface area contributed by atoms with Crippen LogP contribution in [0.15, 0.2) is 54.9 Å². The Balaban J connectivity index is 1.38. The highest BCUT2D eigenvalue weighted by Gasteiger charge is 2.43. The molecule has 2 atom stereocenters. The van der Waals surface area contributed by atoms with E-state index in [1.807, 2.05) is 24.3 Å². The van der Waals surface area contributed by atoms with Crippen LogP contribution in [0, 0.1) is 0 Å². The van der Waals surface area contributed by atoms with Gasteiger partial charge in [-0.05, 0) is 35.7 Å². The summed E-state index contributed by atoms with van der Waals surface area (Å²) < 4.78 is 0. The largest absolute Gasteiger partial charge is 0.333 e. The maximum atomic E-state index is 11.3. The number of nitrogens with zero attached hydrogens (tertiary/aromatic N) is 4. The number of fused-ring (bicyclic) bond motifs is 5. The monoisotopic (exact) mass is 372 g/mol. The minimum atomic E-state index is -0.107. The predicted octanol–water partition coefficient (Wildman–Crippen LogP) is 3.62. The highest BCUT2D eigenvalue weighted by molar-refractivity contribution is 5.89. The summed E-state index contributed by atoms with van der Waals surface area (Å²) in [6.07, 6.45) is 2.66. The van der Waals surface area contributed by atoms with Crippen molar-refractivity contribution < 1.29 is 4.79 Å². The Kier molecular flexibility index (Phi) is 3.93. The van der Waals surface area contributed by atoms with Crippen LogP contribution >= 0.6 is 0 Å². The SMILES string of the molecule is CC(=O)Nc1cccc(Nc2ncnc(N3C[C@@H]4C[C@H]3c3ccccc34)n2)c1. The third-order valence-electron chi connectivity index (χ3n) is 5.35. The predicted molar refractivity (Wildman–Crippen MR) is 108 cm³/mol. The topological polar surface area (TPSA) is 83.0 Å². The fourth-order valence-corrected chi connectivity index (χ4v) is 4.26. The zero-order valence-corrected chi connectivity index (χ0v) is 15.5. The Labute approximate surface area is 162 Å². The van der Waals surface area contributed by atoms with Gasteiger partial charge in [0.2, 0.25) is 17.8 Å². The van der Waals surface area contributed by atoms with Crippen LogP contribution in [0.4, 0.5) is 23.3 Å². The Morgan fingerprint density at radius 3 is 2.75 bits per heavy atom. The van der Waals surface area contributed by atoms with E-state index in [0.717, 1.165) is 24.3 Å². The minimum absolute atomic E-state index is 0.107. The van der Waals surface area contributed by atoms with E-state index in [1.165, 1.54) is 18.1 Å². The van der Waals surface area contributed by atoms with Crippen LogP contribution in [0.3, 0.4) is 0 Å². The molecule has 0 unspecified atom stereocenters. The lowest BCUT2D eigenvalue weighted by Gasteiger charge is -2.28. The molecule has 0 saturated carbocycles. The molecule has 7 nitrogen and oxygen atoms in total. The minimum Gasteiger partial charge on any atom is -0.333 e. The number of aromatic nitrogens is 3. The Morgan fingerprint density at radius 1 is 1.07 bits per heavy atom. The molecule has 28 heavy (non-hydrogen) atoms. The van der Waals surface area contributed by atoms with Gasteiger partial charge in [0.15, 0.2) is 0 Å². The van der Waals surface area contributed by atoms with Gasteiger partial charge in [0.1, 0.15) is 6.33 Å². The number of anilines is 4. The van der Waals surface area contributed by atoms with Crippen molar-refractivity contribution >= 4 is 29.2 Å². The third kappa shape index (κ3) is 2.94. The maximum absolute atomic E-state index is 11.3. The molecule has 2 bridgehead atoms. The molecule has 140 valence electrons. The summed E-state index contributed by atoms with van der Waals surface area (Å²) in [7, 11) is 0. The molecule has 2 heterocycles. The second-order valence-electron chi connectivity index (χ2n) is 7.23. The molecular weight excluding hydrogens is 352 g/mol. The molecule has 1 aromatic heterocycles. The first kappa shape index (κ1) is 16.7. The molecule has 2 aliphatic rings. The van der Waals surface area contributed by atoms with Crippen LogP contribution < -0.4 is 15.5 Å². The molecule has 0 radical (unpaired) electrons. The van der Waals surface area contributed by atoms with E-state index in [0.29, 0.717) is 23.9 Å². The van der Waals surface area contributed by atoms with Crippen molar-refractivity contribution in [2.75, 3.05) is 22.1 Å². The average molecular weight is 372 g/mol. The summed E-state index contributed by atoms with van der Waals surface area (Å²) >= 11 is 0. The summed E-state index contributed by atoms with van der Waals surface area (Å²) in [5.74, 6) is 1.62. The van der Waals surface area contributed by atoms with E-state index in [2.05, 4.69) is 54.8 Å². The van der Waals surface area contributed by atoms with Gasteiger partial charge in [0.25, 0.3) is 0 Å². The van der Waals surface area contributed by atoms with E-state index in [4.69, 9.17) is 0 Å². The van der Waals surface area contributed by atoms with Crippen LogP contribution in [-0.2, 0) is 4.79 Å². The number of carbonyl (C=O) groups excluding carboxylic acids is 1. The number of hydrogen-bond acceptors (Lipinski definition) is 6. The van der Waals surface area contributed by atoms with Crippen LogP contribution in [0.5, 0.6) is 0 Å². The number of amides is 1. The van der Waals surface area contributed by atoms with Crippen LogP contribution in [0.1, 0.15) is 36.4 Å². The van der Waals surface area contributed by atoms with Crippen LogP contribution in [0.2, 0.25) is 0 Å². The number of benzene rings is 2. The van der Waals surface area contributed by atoms with Gasteiger partial charge in [-0.25, -0.2) is 9.97 Å². The lowest BCUT2D eigenvalue weighted by molar-refractivity contribution is -0.114. The fourth-order valence-electron chi connectivity index (χ4n) is 4.26. The van der Waals surface area contributed by atoms with E-state index in [1.54, 1.807) is 6.33 Å². The van der Waals surface area contributed by atoms with Gasteiger partial charge in [-0.15, -0.1) is 0 Å². The third-order valence-corrected chi connectivity index (χ3v) is 5.35. The highest BCUT2D eigenvalue weighted by Crippen LogP contribution is 2.50. The number of nitrogens with one attached hydrogen (secondary N) is 2. The standard InChI is InChI=1S/C21H20N6O/c1-13(28)24-15-5-4-6-16(10-15)25-20-22-12-23-21(26-20)27-11-14-9-19(27)18-8-3-2-7-17(14)18/h2-8,10,12,14,19H,9,11H2,1H3,(H,24,28)(H,22,23,25,26)/t14-,19-/m0/s1. The molecule has 1 saturated heterocycles. The van der Waals surface area contributed by atoms with Gasteiger partial charge in [0.05, 0.1) is 6.04 Å². The molecule has 2 aromatic carbocycles. The first-order valence-electron chi connectivity index (χ1n) is 9.36. The van der Waals surface area contributed by atoms with Crippen molar-refractivity contribution in [3.63, 3.8) is 0 Å². The molecule has 1 aliphatic carbocycles. The lowest BCUT2D eigenvalue weighted by Crippen LogP contribution is -2.29. The number of hydrogen-bond donors (Lipinski definition) is 2. The Bertz CT molecular complexity index is 1050. The number of carbonyl (C=O) groups is 1. The van der Waals surface area contributed by atoms with Crippen molar-refractivity contribution in [1.29, 1.82) is 0 Å². The van der Waals surface area contributed by atoms with Crippen molar-refractivity contribution in [2.45, 2.75) is 25.3 Å². The summed E-state index contributed by atoms with van der Waals surface area (Å²) in [5.41, 5.74) is 4.37. The van der Waals surface area contributed by atoms with Crippen molar-refractivity contribution in [3.8, 4) is 0 Å². The van der Waals surface area contributed by atoms with Crippen LogP contribution in [0.25, 0.3) is 0 Å². The molecule has 1 aliphatic heterocycles. The average Bonchev–Trinajstić information content (AvgIpc) is 3.28. The first-order chi connectivity index (χ1) is 13.7. The summed E-state index contributed by atoms with van der Waals surface area (Å²) in [6, 6.07) is 16.4. The van der Waals surface area contributed by atoms with Crippen molar-refractivity contribution in [1.82, 2.24) is 15.0 Å². The van der Waals surface area contributed by atoms with Gasteiger partial charge in [-0.3, -0.25) is 4.79 Å². The summed E-state index contributed by atoms with van der Waals surface area (Å²) in [6.45, 7) is 2.42. The highest BCUT2D eigenvalue weighted by atomic mass is 16.1. The van der Waals surface area contributed by atoms with Crippen molar-refractivity contribution in [2.24, 2.45) is 0 Å². The maximum Gasteiger partial charge on any atom is 0.232 e. The zero-order chi connectivity index (χ0) is 19.1. The van der Waals surface area contributed by atoms with Gasteiger partial charge in [-0.2, -0.15) is 4.98 Å². The smallest absolute Gasteiger partial charge is 0.232 e. The fraction of sp³-hybridized carbons (Fsp3) is 0.238. The second kappa shape index (κ2) is 6.60. The number of rotatable bonds is 4. The molecule has 1 amide bonds. The quantitative estimate of drug-likeness (QED) is 0.728. The Morgan fingerprint density at radius 2 is 1.89 bits per heavy atom. The molecule has 0 spiro atoms. The van der Waals surface area contributed by atoms with Gasteiger partial charge < -0.3 is 15.5 Å². The molecule has 1 fully saturated rings. The lowest BCUT2D eigenvalue weighted by atomic mass is 9.99. The van der Waals surface area contributed by atoms with Gasteiger partial charge in [-0.1, -0.05) is 30.3 Å². The molecule has 5 rings (SSSR count). The molecular formula is C21H20N6O. The van der Waals surface area contributed by atoms with E-state index < -0.39 is 0 Å². The van der Waals surface area contributed by atoms with E-state index in [9.17, 15) is 4.79 Å². The summed E-state index contributed by atoms with van der Waals surface area (Å²) in [5, 5.41) is 5.98. The second-order valence-corrected chi connectivity index (χ2v) is 7.23. The Hall–Kier alpha value is -3.48. The van der Waals surface area contributed by atoms with E-state index >= 15 is 0 Å². The van der Waals surface area contributed by atoms with Gasteiger partial charge in [0, 0.05) is 30.8 Å².